The van der Waals surface area contributed by atoms with Crippen molar-refractivity contribution in [1.29, 1.82) is 0 Å². The molecule has 0 aromatic rings. The molecule has 0 saturated heterocycles. The highest BCUT2D eigenvalue weighted by atomic mass is 16.5. The minimum Gasteiger partial charge on any atom is -0.452 e. The number of rotatable bonds is 5. The van der Waals surface area contributed by atoms with E-state index in [0.717, 1.165) is 24.8 Å². The molecule has 1 rings (SSSR count). The van der Waals surface area contributed by atoms with Gasteiger partial charge >= 0.3 is 5.97 Å². The van der Waals surface area contributed by atoms with Gasteiger partial charge in [0, 0.05) is 45.3 Å². The number of aliphatic hydroxyl groups is 3. The van der Waals surface area contributed by atoms with E-state index in [1.807, 2.05) is 19.1 Å². The van der Waals surface area contributed by atoms with Gasteiger partial charge in [0.15, 0.2) is 6.10 Å². The number of β-amino-alcohol motifs (C(OH)–C–C–N with tert-alkyl or cyclic N) is 1. The quantitative estimate of drug-likeness (QED) is 0.321. The summed E-state index contributed by atoms with van der Waals surface area (Å²) in [6.45, 7) is 7.58. The molecule has 0 bridgehead atoms. The van der Waals surface area contributed by atoms with Gasteiger partial charge in [-0.25, -0.2) is 0 Å². The maximum atomic E-state index is 12.8. The van der Waals surface area contributed by atoms with Gasteiger partial charge in [-0.05, 0) is 62.9 Å². The highest BCUT2D eigenvalue weighted by Crippen LogP contribution is 2.20. The van der Waals surface area contributed by atoms with E-state index in [-0.39, 0.29) is 56.1 Å². The SMILES string of the molecule is CCC[C@@H]1OC(=O)[C@@H](C)C[C@H](C)C(=O)CCCC(=O)CCC[C@@H](CC)/C=C/C=C(\COC)CC[C@@H](O)[C@@H](O)C[C@H](O)CNC1=O. The molecule has 1 heterocycles. The second-order valence-corrected chi connectivity index (χ2v) is 12.6. The summed E-state index contributed by atoms with van der Waals surface area (Å²) in [6.07, 6.45) is 7.51. The lowest BCUT2D eigenvalue weighted by atomic mass is 9.91. The third kappa shape index (κ3) is 17.2. The predicted molar refractivity (Wildman–Crippen MR) is 173 cm³/mol. The van der Waals surface area contributed by atoms with Crippen molar-refractivity contribution in [3.63, 3.8) is 0 Å². The zero-order valence-electron chi connectivity index (χ0n) is 28.2. The molecule has 1 aliphatic rings. The fourth-order valence-electron chi connectivity index (χ4n) is 5.46. The molecule has 0 radical (unpaired) electrons. The lowest BCUT2D eigenvalue weighted by Gasteiger charge is -2.23. The molecular weight excluding hydrogens is 578 g/mol. The van der Waals surface area contributed by atoms with Crippen LogP contribution in [-0.4, -0.2) is 83.4 Å². The van der Waals surface area contributed by atoms with Crippen molar-refractivity contribution in [2.24, 2.45) is 17.8 Å². The van der Waals surface area contributed by atoms with Crippen LogP contribution >= 0.6 is 0 Å². The molecule has 0 aromatic heterocycles. The summed E-state index contributed by atoms with van der Waals surface area (Å²) in [7, 11) is 1.59. The number of allylic oxidation sites excluding steroid dienone is 3. The van der Waals surface area contributed by atoms with Gasteiger partial charge in [-0.2, -0.15) is 0 Å². The summed E-state index contributed by atoms with van der Waals surface area (Å²) in [5.74, 6) is -1.67. The molecule has 10 heteroatoms. The Morgan fingerprint density at radius 2 is 1.62 bits per heavy atom. The lowest BCUT2D eigenvalue weighted by molar-refractivity contribution is -0.160. The van der Waals surface area contributed by atoms with E-state index in [0.29, 0.717) is 44.6 Å². The molecule has 7 atom stereocenters. The van der Waals surface area contributed by atoms with Crippen molar-refractivity contribution in [3.8, 4) is 0 Å². The van der Waals surface area contributed by atoms with E-state index in [9.17, 15) is 34.5 Å². The Bertz CT molecular complexity index is 963. The number of Topliss-reactive ketones (excluding diaryl/α,β-unsaturated/α-hetero) is 2. The summed E-state index contributed by atoms with van der Waals surface area (Å²) in [5.41, 5.74) is 0.945. The summed E-state index contributed by atoms with van der Waals surface area (Å²) in [6, 6.07) is 0. The first kappa shape index (κ1) is 40.6. The number of aliphatic hydroxyl groups excluding tert-OH is 3. The van der Waals surface area contributed by atoms with Crippen LogP contribution < -0.4 is 5.32 Å². The normalized spacial score (nSPS) is 32.4. The van der Waals surface area contributed by atoms with Crippen LogP contribution in [0.1, 0.15) is 111 Å². The van der Waals surface area contributed by atoms with Crippen LogP contribution in [-0.2, 0) is 28.7 Å². The third-order valence-electron chi connectivity index (χ3n) is 8.47. The number of cyclic esters (lactones) is 1. The van der Waals surface area contributed by atoms with Gasteiger partial charge in [0.2, 0.25) is 0 Å². The van der Waals surface area contributed by atoms with E-state index in [2.05, 4.69) is 18.3 Å². The van der Waals surface area contributed by atoms with Crippen LogP contribution in [0.15, 0.2) is 23.8 Å². The number of nitrogens with one attached hydrogen (secondary N) is 1. The van der Waals surface area contributed by atoms with Gasteiger partial charge in [0.05, 0.1) is 30.8 Å². The van der Waals surface area contributed by atoms with E-state index in [1.165, 1.54) is 0 Å². The molecule has 1 amide bonds. The molecule has 0 aliphatic carbocycles. The number of ketones is 2. The van der Waals surface area contributed by atoms with Crippen LogP contribution in [0, 0.1) is 17.8 Å². The molecule has 4 N–H and O–H groups in total. The van der Waals surface area contributed by atoms with Gasteiger partial charge in [-0.15, -0.1) is 0 Å². The lowest BCUT2D eigenvalue weighted by Crippen LogP contribution is -2.43. The van der Waals surface area contributed by atoms with Gasteiger partial charge in [-0.3, -0.25) is 19.2 Å². The van der Waals surface area contributed by atoms with Gasteiger partial charge < -0.3 is 30.1 Å². The van der Waals surface area contributed by atoms with Crippen LogP contribution in [0.3, 0.4) is 0 Å². The van der Waals surface area contributed by atoms with Crippen LogP contribution in [0.5, 0.6) is 0 Å². The van der Waals surface area contributed by atoms with Crippen LogP contribution in [0.25, 0.3) is 0 Å². The molecule has 45 heavy (non-hydrogen) atoms. The molecule has 0 fully saturated rings. The van der Waals surface area contributed by atoms with Crippen molar-refractivity contribution < 1.29 is 44.0 Å². The van der Waals surface area contributed by atoms with E-state index in [4.69, 9.17) is 9.47 Å². The van der Waals surface area contributed by atoms with Gasteiger partial charge in [0.25, 0.3) is 5.91 Å². The second-order valence-electron chi connectivity index (χ2n) is 12.6. The molecule has 258 valence electrons. The average Bonchev–Trinajstić information content (AvgIpc) is 3.00. The number of hydrogen-bond acceptors (Lipinski definition) is 9. The fourth-order valence-corrected chi connectivity index (χ4v) is 5.46. The molecule has 0 spiro atoms. The largest absolute Gasteiger partial charge is 0.452 e. The van der Waals surface area contributed by atoms with Crippen molar-refractivity contribution in [2.45, 2.75) is 136 Å². The Morgan fingerprint density at radius 1 is 0.911 bits per heavy atom. The summed E-state index contributed by atoms with van der Waals surface area (Å²) < 4.78 is 10.8. The van der Waals surface area contributed by atoms with Crippen molar-refractivity contribution in [2.75, 3.05) is 20.3 Å². The Kier molecular flexibility index (Phi) is 20.8. The first-order chi connectivity index (χ1) is 21.4. The predicted octanol–water partition coefficient (Wildman–Crippen LogP) is 4.38. The Morgan fingerprint density at radius 3 is 2.29 bits per heavy atom. The number of carbonyl (C=O) groups is 4. The number of hydrogen-bond donors (Lipinski definition) is 4. The van der Waals surface area contributed by atoms with Crippen molar-refractivity contribution in [1.82, 2.24) is 5.32 Å². The Labute approximate surface area is 270 Å². The third-order valence-corrected chi connectivity index (χ3v) is 8.47. The Balaban J connectivity index is 3.02. The molecule has 0 unspecified atom stereocenters. The topological polar surface area (TPSA) is 159 Å². The highest BCUT2D eigenvalue weighted by Gasteiger charge is 2.28. The number of esters is 1. The maximum absolute atomic E-state index is 12.8. The molecule has 0 saturated carbocycles. The Hall–Kier alpha value is -2.40. The zero-order valence-corrected chi connectivity index (χ0v) is 28.2. The second kappa shape index (κ2) is 23.0. The number of methoxy groups -OCH3 is 1. The van der Waals surface area contributed by atoms with Crippen LogP contribution in [0.4, 0.5) is 0 Å². The summed E-state index contributed by atoms with van der Waals surface area (Å²) in [5, 5.41) is 34.1. The number of ether oxygens (including phenoxy) is 2. The van der Waals surface area contributed by atoms with E-state index < -0.39 is 42.2 Å². The fraction of sp³-hybridized carbons (Fsp3) is 0.771. The van der Waals surface area contributed by atoms with Crippen LogP contribution in [0.2, 0.25) is 0 Å². The minimum absolute atomic E-state index is 0.00293. The van der Waals surface area contributed by atoms with E-state index in [1.54, 1.807) is 21.0 Å². The number of carbonyl (C=O) groups excluding carboxylic acids is 4. The molecule has 10 nitrogen and oxygen atoms in total. The van der Waals surface area contributed by atoms with Gasteiger partial charge in [-0.1, -0.05) is 52.3 Å². The molecule has 0 aromatic carbocycles. The van der Waals surface area contributed by atoms with Crippen molar-refractivity contribution >= 4 is 23.4 Å². The summed E-state index contributed by atoms with van der Waals surface area (Å²) in [4.78, 5) is 50.8. The standard InChI is InChI=1S/C35H59NO9/c1-6-11-33-34(42)36-22-29(38)21-32(41)31(40)19-18-27(23-44-5)14-8-12-26(7-2)13-9-15-28(37)16-10-17-30(39)24(3)20-25(4)35(43)45-33/h8,12,14,24-26,29,31-33,38,40-41H,6-7,9-11,13,15-23H2,1-5H3,(H,36,42)/b12-8+,27-14-/t24-,25-,26-,29-,31+,32-,33-/m0/s1. The summed E-state index contributed by atoms with van der Waals surface area (Å²) >= 11 is 0. The monoisotopic (exact) mass is 637 g/mol. The van der Waals surface area contributed by atoms with Gasteiger partial charge in [0.1, 0.15) is 11.6 Å². The first-order valence-electron chi connectivity index (χ1n) is 16.8. The minimum atomic E-state index is -1.20. The maximum Gasteiger partial charge on any atom is 0.309 e. The van der Waals surface area contributed by atoms with E-state index >= 15 is 0 Å². The average molecular weight is 638 g/mol. The van der Waals surface area contributed by atoms with Crippen molar-refractivity contribution in [3.05, 3.63) is 23.8 Å². The molecule has 1 aliphatic heterocycles. The highest BCUT2D eigenvalue weighted by molar-refractivity contribution is 5.85. The smallest absolute Gasteiger partial charge is 0.309 e. The molecular formula is C35H59NO9. The number of amides is 1. The zero-order chi connectivity index (χ0) is 33.8. The first-order valence-corrected chi connectivity index (χ1v) is 16.8.